The van der Waals surface area contributed by atoms with Gasteiger partial charge in [-0.05, 0) is 18.9 Å². The summed E-state index contributed by atoms with van der Waals surface area (Å²) in [5, 5.41) is 16.0. The summed E-state index contributed by atoms with van der Waals surface area (Å²) in [4.78, 5) is 11.2. The number of alkyl halides is 2. The van der Waals surface area contributed by atoms with Crippen LogP contribution in [0.5, 0.6) is 0 Å². The number of carboxylic acid groups (broad SMARTS) is 1. The van der Waals surface area contributed by atoms with E-state index in [-0.39, 0.29) is 23.8 Å². The van der Waals surface area contributed by atoms with E-state index in [1.54, 1.807) is 0 Å². The highest BCUT2D eigenvalue weighted by atomic mass is 19.3. The van der Waals surface area contributed by atoms with E-state index in [1.165, 1.54) is 0 Å². The number of hydrogen-bond acceptors (Lipinski definition) is 3. The summed E-state index contributed by atoms with van der Waals surface area (Å²) in [5.74, 6) is -1.05. The van der Waals surface area contributed by atoms with Crippen LogP contribution >= 0.6 is 0 Å². The van der Waals surface area contributed by atoms with Gasteiger partial charge in [-0.25, -0.2) is 18.3 Å². The van der Waals surface area contributed by atoms with E-state index in [0.717, 1.165) is 22.0 Å². The van der Waals surface area contributed by atoms with Crippen LogP contribution in [0.25, 0.3) is 0 Å². The van der Waals surface area contributed by atoms with Crippen molar-refractivity contribution in [1.82, 2.24) is 9.78 Å². The predicted octanol–water partition coefficient (Wildman–Crippen LogP) is 3.25. The molecule has 2 unspecified atom stereocenters. The fourth-order valence-electron chi connectivity index (χ4n) is 2.71. The molecule has 0 saturated carbocycles. The van der Waals surface area contributed by atoms with E-state index < -0.39 is 18.4 Å². The molecular formula is C15H15F2N3O2. The molecule has 2 atom stereocenters. The number of aromatic nitrogens is 2. The summed E-state index contributed by atoms with van der Waals surface area (Å²) < 4.78 is 27.7. The maximum Gasteiger partial charge on any atom is 0.341 e. The Balaban J connectivity index is 2.01. The first-order valence-corrected chi connectivity index (χ1v) is 6.89. The van der Waals surface area contributed by atoms with Crippen molar-refractivity contribution in [3.05, 3.63) is 47.2 Å². The summed E-state index contributed by atoms with van der Waals surface area (Å²) in [6, 6.07) is 6.01. The Kier molecular flexibility index (Phi) is 3.56. The van der Waals surface area contributed by atoms with Gasteiger partial charge in [0.15, 0.2) is 0 Å². The van der Waals surface area contributed by atoms with Gasteiger partial charge in [0.2, 0.25) is 0 Å². The number of hydrogen-bond donors (Lipinski definition) is 2. The molecular weight excluding hydrogens is 292 g/mol. The average molecular weight is 307 g/mol. The zero-order valence-corrected chi connectivity index (χ0v) is 11.8. The molecule has 1 aromatic heterocycles. The minimum Gasteiger partial charge on any atom is -0.477 e. The van der Waals surface area contributed by atoms with E-state index >= 15 is 0 Å². The molecule has 0 amide bonds. The molecule has 1 aliphatic heterocycles. The molecule has 0 spiro atoms. The van der Waals surface area contributed by atoms with Gasteiger partial charge in [0.05, 0.1) is 12.2 Å². The highest BCUT2D eigenvalue weighted by Crippen LogP contribution is 2.39. The first-order chi connectivity index (χ1) is 10.5. The highest BCUT2D eigenvalue weighted by molar-refractivity contribution is 5.93. The SMILES string of the molecule is Cc1ccc(C2CC(C(F)F)n3ncc(C(=O)O)c3N2)cc1. The van der Waals surface area contributed by atoms with Crippen LogP contribution in [0, 0.1) is 6.92 Å². The van der Waals surface area contributed by atoms with Gasteiger partial charge in [0.1, 0.15) is 17.4 Å². The Labute approximate surface area is 125 Å². The number of aromatic carboxylic acids is 1. The summed E-state index contributed by atoms with van der Waals surface area (Å²) in [7, 11) is 0. The van der Waals surface area contributed by atoms with Gasteiger partial charge >= 0.3 is 5.97 Å². The monoisotopic (exact) mass is 307 g/mol. The molecule has 0 bridgehead atoms. The lowest BCUT2D eigenvalue weighted by molar-refractivity contribution is 0.0644. The number of rotatable bonds is 3. The van der Waals surface area contributed by atoms with Crippen molar-refractivity contribution in [3.8, 4) is 0 Å². The maximum atomic E-state index is 13.3. The zero-order valence-electron chi connectivity index (χ0n) is 11.8. The zero-order chi connectivity index (χ0) is 15.9. The molecule has 2 N–H and O–H groups in total. The molecule has 2 aromatic rings. The first-order valence-electron chi connectivity index (χ1n) is 6.89. The largest absolute Gasteiger partial charge is 0.477 e. The first kappa shape index (κ1) is 14.5. The number of benzene rings is 1. The Morgan fingerprint density at radius 1 is 1.41 bits per heavy atom. The van der Waals surface area contributed by atoms with E-state index in [0.29, 0.717) is 0 Å². The van der Waals surface area contributed by atoms with Crippen LogP contribution in [-0.4, -0.2) is 27.3 Å². The van der Waals surface area contributed by atoms with Gasteiger partial charge < -0.3 is 10.4 Å². The number of fused-ring (bicyclic) bond motifs is 1. The van der Waals surface area contributed by atoms with Crippen LogP contribution in [0.2, 0.25) is 0 Å². The van der Waals surface area contributed by atoms with Gasteiger partial charge in [-0.15, -0.1) is 0 Å². The molecule has 7 heteroatoms. The molecule has 0 saturated heterocycles. The lowest BCUT2D eigenvalue weighted by atomic mass is 9.96. The van der Waals surface area contributed by atoms with Crippen LogP contribution in [0.15, 0.2) is 30.5 Å². The van der Waals surface area contributed by atoms with Crippen LogP contribution < -0.4 is 5.32 Å². The molecule has 1 aliphatic rings. The summed E-state index contributed by atoms with van der Waals surface area (Å²) in [6.07, 6.45) is -1.36. The second-order valence-electron chi connectivity index (χ2n) is 5.40. The molecule has 0 fully saturated rings. The molecule has 2 heterocycles. The van der Waals surface area contributed by atoms with Gasteiger partial charge in [-0.3, -0.25) is 0 Å². The van der Waals surface area contributed by atoms with Gasteiger partial charge in [-0.1, -0.05) is 29.8 Å². The van der Waals surface area contributed by atoms with E-state index in [4.69, 9.17) is 5.11 Å². The molecule has 116 valence electrons. The normalized spacial score (nSPS) is 20.5. The van der Waals surface area contributed by atoms with Gasteiger partial charge in [0.25, 0.3) is 6.43 Å². The van der Waals surface area contributed by atoms with Crippen LogP contribution in [0.3, 0.4) is 0 Å². The van der Waals surface area contributed by atoms with E-state index in [1.807, 2.05) is 31.2 Å². The van der Waals surface area contributed by atoms with E-state index in [9.17, 15) is 13.6 Å². The van der Waals surface area contributed by atoms with Crippen molar-refractivity contribution in [2.75, 3.05) is 5.32 Å². The molecule has 5 nitrogen and oxygen atoms in total. The van der Waals surface area contributed by atoms with E-state index in [2.05, 4.69) is 10.4 Å². The van der Waals surface area contributed by atoms with Crippen molar-refractivity contribution in [2.24, 2.45) is 0 Å². The third kappa shape index (κ3) is 2.43. The van der Waals surface area contributed by atoms with Crippen LogP contribution in [0.1, 0.15) is 40.0 Å². The topological polar surface area (TPSA) is 67.2 Å². The van der Waals surface area contributed by atoms with Crippen molar-refractivity contribution >= 4 is 11.8 Å². The number of nitrogens with zero attached hydrogens (tertiary/aromatic N) is 2. The number of carboxylic acids is 1. The van der Waals surface area contributed by atoms with Gasteiger partial charge in [0, 0.05) is 0 Å². The minimum atomic E-state index is -2.62. The Hall–Kier alpha value is -2.44. The number of anilines is 1. The second kappa shape index (κ2) is 5.40. The van der Waals surface area contributed by atoms with Crippen molar-refractivity contribution < 1.29 is 18.7 Å². The summed E-state index contributed by atoms with van der Waals surface area (Å²) in [6.45, 7) is 1.94. The van der Waals surface area contributed by atoms with Crippen molar-refractivity contribution in [1.29, 1.82) is 0 Å². The fourth-order valence-corrected chi connectivity index (χ4v) is 2.71. The summed E-state index contributed by atoms with van der Waals surface area (Å²) >= 11 is 0. The van der Waals surface area contributed by atoms with Crippen molar-refractivity contribution in [3.63, 3.8) is 0 Å². The highest BCUT2D eigenvalue weighted by Gasteiger charge is 2.36. The lowest BCUT2D eigenvalue weighted by Gasteiger charge is -2.32. The molecule has 0 radical (unpaired) electrons. The number of nitrogens with one attached hydrogen (secondary N) is 1. The quantitative estimate of drug-likeness (QED) is 0.913. The third-order valence-corrected chi connectivity index (χ3v) is 3.90. The van der Waals surface area contributed by atoms with Gasteiger partial charge in [-0.2, -0.15) is 5.10 Å². The summed E-state index contributed by atoms with van der Waals surface area (Å²) in [5.41, 5.74) is 1.82. The maximum absolute atomic E-state index is 13.3. The molecule has 3 rings (SSSR count). The van der Waals surface area contributed by atoms with Crippen molar-refractivity contribution in [2.45, 2.75) is 31.9 Å². The molecule has 1 aromatic carbocycles. The Bertz CT molecular complexity index is 697. The Morgan fingerprint density at radius 2 is 2.09 bits per heavy atom. The smallest absolute Gasteiger partial charge is 0.341 e. The molecule has 0 aliphatic carbocycles. The minimum absolute atomic E-state index is 0.0949. The van der Waals surface area contributed by atoms with Crippen LogP contribution in [-0.2, 0) is 0 Å². The Morgan fingerprint density at radius 3 is 2.68 bits per heavy atom. The number of halogens is 2. The second-order valence-corrected chi connectivity index (χ2v) is 5.40. The number of aryl methyl sites for hydroxylation is 1. The average Bonchev–Trinajstić information content (AvgIpc) is 2.90. The third-order valence-electron chi connectivity index (χ3n) is 3.90. The molecule has 22 heavy (non-hydrogen) atoms. The fraction of sp³-hybridized carbons (Fsp3) is 0.333. The standard InChI is InChI=1S/C15H15F2N3O2/c1-8-2-4-9(5-3-8)11-6-12(13(16)17)20-14(19-11)10(7-18-20)15(21)22/h2-5,7,11-13,19H,6H2,1H3,(H,21,22). The lowest BCUT2D eigenvalue weighted by Crippen LogP contribution is -2.31. The number of carbonyl (C=O) groups is 1. The predicted molar refractivity (Wildman–Crippen MR) is 76.4 cm³/mol. The van der Waals surface area contributed by atoms with Crippen LogP contribution in [0.4, 0.5) is 14.6 Å².